The fourth-order valence-corrected chi connectivity index (χ4v) is 5.31. The number of unbranched alkanes of at least 4 members (excludes halogenated alkanes) is 14. The number of β-amino-alcohol motifs (C(OH)–C–C–N with tert-alkyl or cyclic N) is 1. The van der Waals surface area contributed by atoms with Crippen molar-refractivity contribution in [2.75, 3.05) is 19.6 Å². The molecule has 1 amide bonds. The molecule has 1 aliphatic rings. The Kier molecular flexibility index (Phi) is 20.7. The van der Waals surface area contributed by atoms with Crippen LogP contribution in [0.15, 0.2) is 0 Å². The summed E-state index contributed by atoms with van der Waals surface area (Å²) in [6, 6.07) is -0.690. The van der Waals surface area contributed by atoms with Crippen LogP contribution in [0.5, 0.6) is 0 Å². The number of nitrogens with zero attached hydrogens (tertiary/aromatic N) is 1. The second kappa shape index (κ2) is 22.6. The van der Waals surface area contributed by atoms with E-state index in [1.54, 1.807) is 0 Å². The summed E-state index contributed by atoms with van der Waals surface area (Å²) < 4.78 is 5.41. The number of rotatable bonds is 24. The molecule has 7 nitrogen and oxygen atoms in total. The molecule has 1 fully saturated rings. The molecule has 1 rings (SSSR count). The molecule has 1 heterocycles. The van der Waals surface area contributed by atoms with Gasteiger partial charge in [0.15, 0.2) is 0 Å². The Bertz CT molecular complexity index is 603. The molecule has 38 heavy (non-hydrogen) atoms. The zero-order valence-electron chi connectivity index (χ0n) is 24.9. The number of carbonyl (C=O) groups is 2. The van der Waals surface area contributed by atoms with Gasteiger partial charge >= 0.3 is 5.97 Å². The van der Waals surface area contributed by atoms with E-state index in [1.165, 1.54) is 77.0 Å². The van der Waals surface area contributed by atoms with Crippen LogP contribution in [0.3, 0.4) is 0 Å². The lowest BCUT2D eigenvalue weighted by Gasteiger charge is -2.38. The van der Waals surface area contributed by atoms with Gasteiger partial charge in [-0.2, -0.15) is 0 Å². The number of carbonyl (C=O) groups excluding carboxylic acids is 2. The molecule has 4 atom stereocenters. The standard InChI is InChI=1S/C31H60N2O5/c1-4-6-8-10-12-14-16-18-20-27(34)23-32-30(36)22-29-31(37)38-26(3)24-33(29)25-28(35)21-19-17-15-13-11-9-7-5-2/h26-29,34-35H,4-25H2,1-3H3,(H,32,36). The normalized spacial score (nSPS) is 19.8. The first kappa shape index (κ1) is 34.8. The van der Waals surface area contributed by atoms with E-state index >= 15 is 0 Å². The van der Waals surface area contributed by atoms with E-state index < -0.39 is 24.2 Å². The number of nitrogens with one attached hydrogen (secondary N) is 1. The number of aliphatic hydroxyl groups is 2. The van der Waals surface area contributed by atoms with Gasteiger partial charge in [-0.05, 0) is 19.8 Å². The van der Waals surface area contributed by atoms with E-state index in [9.17, 15) is 19.8 Å². The van der Waals surface area contributed by atoms with Gasteiger partial charge < -0.3 is 20.3 Å². The number of cyclic esters (lactones) is 1. The van der Waals surface area contributed by atoms with Crippen molar-refractivity contribution < 1.29 is 24.5 Å². The van der Waals surface area contributed by atoms with Crippen molar-refractivity contribution in [1.82, 2.24) is 10.2 Å². The largest absolute Gasteiger partial charge is 0.460 e. The zero-order valence-corrected chi connectivity index (χ0v) is 24.9. The maximum Gasteiger partial charge on any atom is 0.324 e. The molecule has 0 aromatic heterocycles. The second-order valence-corrected chi connectivity index (χ2v) is 11.6. The third-order valence-electron chi connectivity index (χ3n) is 7.66. The third kappa shape index (κ3) is 17.4. The average molecular weight is 541 g/mol. The van der Waals surface area contributed by atoms with E-state index in [0.717, 1.165) is 25.7 Å². The molecule has 0 aliphatic carbocycles. The van der Waals surface area contributed by atoms with Crippen LogP contribution in [0.4, 0.5) is 0 Å². The number of ether oxygens (including phenoxy) is 1. The molecule has 0 aromatic carbocycles. The molecule has 0 bridgehead atoms. The molecule has 7 heteroatoms. The first-order valence-electron chi connectivity index (χ1n) is 15.9. The maximum absolute atomic E-state index is 12.6. The molecule has 3 N–H and O–H groups in total. The Morgan fingerprint density at radius 2 is 1.32 bits per heavy atom. The molecule has 0 saturated carbocycles. The van der Waals surface area contributed by atoms with Crippen molar-refractivity contribution in [2.24, 2.45) is 0 Å². The lowest BCUT2D eigenvalue weighted by atomic mass is 10.0. The Hall–Kier alpha value is -1.18. The van der Waals surface area contributed by atoms with Crippen LogP contribution < -0.4 is 5.32 Å². The van der Waals surface area contributed by atoms with Gasteiger partial charge in [0.25, 0.3) is 0 Å². The van der Waals surface area contributed by atoms with E-state index in [2.05, 4.69) is 19.2 Å². The van der Waals surface area contributed by atoms with Gasteiger partial charge in [0.05, 0.1) is 18.6 Å². The highest BCUT2D eigenvalue weighted by Crippen LogP contribution is 2.19. The molecule has 4 unspecified atom stereocenters. The lowest BCUT2D eigenvalue weighted by molar-refractivity contribution is -0.167. The monoisotopic (exact) mass is 540 g/mol. The van der Waals surface area contributed by atoms with Crippen LogP contribution in [-0.2, 0) is 14.3 Å². The minimum atomic E-state index is -0.690. The maximum atomic E-state index is 12.6. The van der Waals surface area contributed by atoms with Gasteiger partial charge in [-0.3, -0.25) is 14.5 Å². The summed E-state index contributed by atoms with van der Waals surface area (Å²) in [6.07, 6.45) is 19.5. The van der Waals surface area contributed by atoms with Gasteiger partial charge in [0, 0.05) is 19.6 Å². The molecular weight excluding hydrogens is 480 g/mol. The van der Waals surface area contributed by atoms with E-state index in [0.29, 0.717) is 25.9 Å². The highest BCUT2D eigenvalue weighted by atomic mass is 16.5. The fourth-order valence-electron chi connectivity index (χ4n) is 5.31. The number of hydrogen-bond donors (Lipinski definition) is 3. The SMILES string of the molecule is CCCCCCCCCCC(O)CNC(=O)CC1C(=O)OC(C)CN1CC(O)CCCCCCCCCC. The highest BCUT2D eigenvalue weighted by Gasteiger charge is 2.37. The third-order valence-corrected chi connectivity index (χ3v) is 7.66. The van der Waals surface area contributed by atoms with E-state index in [1.807, 2.05) is 11.8 Å². The van der Waals surface area contributed by atoms with Gasteiger partial charge in [-0.15, -0.1) is 0 Å². The first-order valence-corrected chi connectivity index (χ1v) is 15.9. The number of esters is 1. The van der Waals surface area contributed by atoms with Crippen LogP contribution in [0.2, 0.25) is 0 Å². The van der Waals surface area contributed by atoms with E-state index in [-0.39, 0.29) is 25.0 Å². The molecule has 1 aliphatic heterocycles. The summed E-state index contributed by atoms with van der Waals surface area (Å²) in [4.78, 5) is 27.1. The lowest BCUT2D eigenvalue weighted by Crippen LogP contribution is -2.55. The van der Waals surface area contributed by atoms with Crippen LogP contribution in [0.1, 0.15) is 143 Å². The van der Waals surface area contributed by atoms with Gasteiger partial charge in [0.1, 0.15) is 12.1 Å². The molecule has 0 radical (unpaired) electrons. The Morgan fingerprint density at radius 1 is 0.842 bits per heavy atom. The van der Waals surface area contributed by atoms with Crippen LogP contribution in [-0.4, -0.2) is 71.0 Å². The summed E-state index contributed by atoms with van der Waals surface area (Å²) in [5.41, 5.74) is 0. The minimum Gasteiger partial charge on any atom is -0.460 e. The Labute approximate surface area is 233 Å². The van der Waals surface area contributed by atoms with Crippen molar-refractivity contribution >= 4 is 11.9 Å². The van der Waals surface area contributed by atoms with Crippen molar-refractivity contribution in [3.8, 4) is 0 Å². The van der Waals surface area contributed by atoms with Crippen molar-refractivity contribution in [1.29, 1.82) is 0 Å². The van der Waals surface area contributed by atoms with Crippen LogP contribution in [0, 0.1) is 0 Å². The topological polar surface area (TPSA) is 99.1 Å². The smallest absolute Gasteiger partial charge is 0.324 e. The summed E-state index contributed by atoms with van der Waals surface area (Å²) in [5.74, 6) is -0.670. The number of amides is 1. The van der Waals surface area contributed by atoms with Crippen LogP contribution in [0.25, 0.3) is 0 Å². The zero-order chi connectivity index (χ0) is 28.0. The molecule has 0 aromatic rings. The molecule has 224 valence electrons. The molecule has 1 saturated heterocycles. The van der Waals surface area contributed by atoms with E-state index in [4.69, 9.17) is 4.74 Å². The number of hydrogen-bond acceptors (Lipinski definition) is 6. The van der Waals surface area contributed by atoms with Crippen molar-refractivity contribution in [3.05, 3.63) is 0 Å². The van der Waals surface area contributed by atoms with Gasteiger partial charge in [-0.25, -0.2) is 0 Å². The Morgan fingerprint density at radius 3 is 1.84 bits per heavy atom. The van der Waals surface area contributed by atoms with Gasteiger partial charge in [0.2, 0.25) is 5.91 Å². The van der Waals surface area contributed by atoms with Crippen LogP contribution >= 0.6 is 0 Å². The quantitative estimate of drug-likeness (QED) is 0.104. The minimum absolute atomic E-state index is 0.0134. The summed E-state index contributed by atoms with van der Waals surface area (Å²) in [7, 11) is 0. The highest BCUT2D eigenvalue weighted by molar-refractivity contribution is 5.85. The van der Waals surface area contributed by atoms with Crippen molar-refractivity contribution in [2.45, 2.75) is 167 Å². The molecule has 0 spiro atoms. The molecular formula is C31H60N2O5. The van der Waals surface area contributed by atoms with Crippen molar-refractivity contribution in [3.63, 3.8) is 0 Å². The summed E-state index contributed by atoms with van der Waals surface area (Å²) in [5, 5.41) is 23.7. The first-order chi connectivity index (χ1) is 18.4. The number of morpholine rings is 1. The summed E-state index contributed by atoms with van der Waals surface area (Å²) >= 11 is 0. The average Bonchev–Trinajstić information content (AvgIpc) is 2.88. The predicted octanol–water partition coefficient (Wildman–Crippen LogP) is 5.89. The summed E-state index contributed by atoms with van der Waals surface area (Å²) in [6.45, 7) is 7.38. The van der Waals surface area contributed by atoms with Gasteiger partial charge in [-0.1, -0.05) is 117 Å². The predicted molar refractivity (Wildman–Crippen MR) is 155 cm³/mol. The number of aliphatic hydroxyl groups excluding tert-OH is 2. The Balaban J connectivity index is 2.29. The second-order valence-electron chi connectivity index (χ2n) is 11.6. The fraction of sp³-hybridized carbons (Fsp3) is 0.935.